The van der Waals surface area contributed by atoms with E-state index in [4.69, 9.17) is 0 Å². The number of nitrogens with zero attached hydrogens (tertiary/aromatic N) is 1. The van der Waals surface area contributed by atoms with Gasteiger partial charge in [-0.1, -0.05) is 44.5 Å². The standard InChI is InChI=1S/C18H29NO/c1-4-6-16-11-12-19(13-16)14(3)18(20)17-9-7-15(5-2)8-10-17/h7-10,14,16,18,20H,4-6,11-13H2,1-3H3. The summed E-state index contributed by atoms with van der Waals surface area (Å²) in [5, 5.41) is 10.6. The fraction of sp³-hybridized carbons (Fsp3) is 0.667. The van der Waals surface area contributed by atoms with E-state index >= 15 is 0 Å². The molecule has 2 heteroatoms. The molecule has 1 saturated heterocycles. The molecule has 0 bridgehead atoms. The Labute approximate surface area is 123 Å². The highest BCUT2D eigenvalue weighted by Gasteiger charge is 2.29. The van der Waals surface area contributed by atoms with Gasteiger partial charge < -0.3 is 5.11 Å². The van der Waals surface area contributed by atoms with Crippen LogP contribution in [0.15, 0.2) is 24.3 Å². The summed E-state index contributed by atoms with van der Waals surface area (Å²) in [4.78, 5) is 2.46. The number of likely N-dealkylation sites (tertiary alicyclic amines) is 1. The van der Waals surface area contributed by atoms with Gasteiger partial charge >= 0.3 is 0 Å². The summed E-state index contributed by atoms with van der Waals surface area (Å²) in [5.41, 5.74) is 2.38. The Hall–Kier alpha value is -0.860. The van der Waals surface area contributed by atoms with Crippen molar-refractivity contribution in [3.8, 4) is 0 Å². The Kier molecular flexibility index (Phi) is 5.62. The third-order valence-corrected chi connectivity index (χ3v) is 4.78. The average molecular weight is 275 g/mol. The highest BCUT2D eigenvalue weighted by Crippen LogP contribution is 2.28. The first kappa shape index (κ1) is 15.5. The molecular formula is C18H29NO. The highest BCUT2D eigenvalue weighted by atomic mass is 16.3. The van der Waals surface area contributed by atoms with Gasteiger partial charge in [0.25, 0.3) is 0 Å². The van der Waals surface area contributed by atoms with Crippen molar-refractivity contribution in [1.29, 1.82) is 0 Å². The molecule has 1 aromatic rings. The normalized spacial score (nSPS) is 22.9. The summed E-state index contributed by atoms with van der Waals surface area (Å²) in [6.07, 6.45) is 4.57. The van der Waals surface area contributed by atoms with Crippen LogP contribution < -0.4 is 0 Å². The van der Waals surface area contributed by atoms with Crippen molar-refractivity contribution < 1.29 is 5.11 Å². The first-order valence-electron chi connectivity index (χ1n) is 8.16. The molecule has 3 atom stereocenters. The fourth-order valence-electron chi connectivity index (χ4n) is 3.31. The summed E-state index contributed by atoms with van der Waals surface area (Å²) in [6.45, 7) is 8.87. The van der Waals surface area contributed by atoms with Gasteiger partial charge in [0.2, 0.25) is 0 Å². The Morgan fingerprint density at radius 2 is 1.95 bits per heavy atom. The van der Waals surface area contributed by atoms with Crippen LogP contribution in [0.3, 0.4) is 0 Å². The molecule has 0 spiro atoms. The van der Waals surface area contributed by atoms with Crippen molar-refractivity contribution in [2.75, 3.05) is 13.1 Å². The zero-order valence-electron chi connectivity index (χ0n) is 13.2. The second-order valence-corrected chi connectivity index (χ2v) is 6.22. The fourth-order valence-corrected chi connectivity index (χ4v) is 3.31. The smallest absolute Gasteiger partial charge is 0.0942 e. The van der Waals surface area contributed by atoms with Crippen LogP contribution >= 0.6 is 0 Å². The first-order valence-corrected chi connectivity index (χ1v) is 8.16. The van der Waals surface area contributed by atoms with Crippen molar-refractivity contribution in [2.24, 2.45) is 5.92 Å². The van der Waals surface area contributed by atoms with Gasteiger partial charge in [-0.15, -0.1) is 0 Å². The molecule has 1 aromatic carbocycles. The monoisotopic (exact) mass is 275 g/mol. The van der Waals surface area contributed by atoms with Gasteiger partial charge in [-0.05, 0) is 49.8 Å². The molecule has 1 N–H and O–H groups in total. The zero-order chi connectivity index (χ0) is 14.5. The number of aliphatic hydroxyl groups excluding tert-OH is 1. The van der Waals surface area contributed by atoms with Crippen LogP contribution in [-0.4, -0.2) is 29.1 Å². The number of aliphatic hydroxyl groups is 1. The maximum absolute atomic E-state index is 10.6. The largest absolute Gasteiger partial charge is 0.387 e. The Morgan fingerprint density at radius 1 is 1.25 bits per heavy atom. The molecule has 0 radical (unpaired) electrons. The van der Waals surface area contributed by atoms with E-state index in [0.717, 1.165) is 31.0 Å². The van der Waals surface area contributed by atoms with E-state index < -0.39 is 0 Å². The second kappa shape index (κ2) is 7.24. The molecule has 112 valence electrons. The molecule has 1 heterocycles. The van der Waals surface area contributed by atoms with Gasteiger partial charge in [0, 0.05) is 12.6 Å². The van der Waals surface area contributed by atoms with E-state index in [9.17, 15) is 5.11 Å². The lowest BCUT2D eigenvalue weighted by Gasteiger charge is -2.29. The minimum Gasteiger partial charge on any atom is -0.387 e. The molecular weight excluding hydrogens is 246 g/mol. The number of hydrogen-bond donors (Lipinski definition) is 1. The predicted octanol–water partition coefficient (Wildman–Crippen LogP) is 3.79. The number of rotatable bonds is 6. The van der Waals surface area contributed by atoms with Crippen LogP contribution in [0.1, 0.15) is 57.3 Å². The third kappa shape index (κ3) is 3.62. The number of benzene rings is 1. The maximum Gasteiger partial charge on any atom is 0.0942 e. The Balaban J connectivity index is 1.95. The lowest BCUT2D eigenvalue weighted by molar-refractivity contribution is 0.0692. The molecule has 0 aromatic heterocycles. The van der Waals surface area contributed by atoms with Crippen molar-refractivity contribution in [1.82, 2.24) is 4.90 Å². The highest BCUT2D eigenvalue weighted by molar-refractivity contribution is 5.25. The topological polar surface area (TPSA) is 23.5 Å². The molecule has 2 nitrogen and oxygen atoms in total. The van der Waals surface area contributed by atoms with E-state index in [1.54, 1.807) is 0 Å². The van der Waals surface area contributed by atoms with E-state index in [0.29, 0.717) is 0 Å². The molecule has 0 amide bonds. The average Bonchev–Trinajstić information content (AvgIpc) is 2.95. The zero-order valence-corrected chi connectivity index (χ0v) is 13.2. The van der Waals surface area contributed by atoms with Crippen LogP contribution in [0.2, 0.25) is 0 Å². The minimum atomic E-state index is -0.374. The first-order chi connectivity index (χ1) is 9.65. The summed E-state index contributed by atoms with van der Waals surface area (Å²) >= 11 is 0. The summed E-state index contributed by atoms with van der Waals surface area (Å²) < 4.78 is 0. The molecule has 1 aliphatic heterocycles. The molecule has 3 unspecified atom stereocenters. The van der Waals surface area contributed by atoms with Crippen molar-refractivity contribution in [2.45, 2.75) is 58.6 Å². The lowest BCUT2D eigenvalue weighted by Crippen LogP contribution is -2.35. The lowest BCUT2D eigenvalue weighted by atomic mass is 10.00. The van der Waals surface area contributed by atoms with E-state index in [1.165, 1.54) is 24.8 Å². The number of aryl methyl sites for hydroxylation is 1. The maximum atomic E-state index is 10.6. The van der Waals surface area contributed by atoms with Crippen molar-refractivity contribution in [3.05, 3.63) is 35.4 Å². The van der Waals surface area contributed by atoms with Crippen LogP contribution in [0, 0.1) is 5.92 Å². The Bertz CT molecular complexity index is 400. The Morgan fingerprint density at radius 3 is 2.55 bits per heavy atom. The SMILES string of the molecule is CCCC1CCN(C(C)C(O)c2ccc(CC)cc2)C1. The molecule has 2 rings (SSSR count). The summed E-state index contributed by atoms with van der Waals surface area (Å²) in [7, 11) is 0. The van der Waals surface area contributed by atoms with Gasteiger partial charge in [0.15, 0.2) is 0 Å². The van der Waals surface area contributed by atoms with Gasteiger partial charge in [0.1, 0.15) is 0 Å². The van der Waals surface area contributed by atoms with E-state index in [1.807, 2.05) is 0 Å². The van der Waals surface area contributed by atoms with Gasteiger partial charge in [0.05, 0.1) is 6.10 Å². The molecule has 0 aliphatic carbocycles. The number of hydrogen-bond acceptors (Lipinski definition) is 2. The summed E-state index contributed by atoms with van der Waals surface area (Å²) in [6, 6.07) is 8.65. The molecule has 20 heavy (non-hydrogen) atoms. The van der Waals surface area contributed by atoms with Crippen molar-refractivity contribution in [3.63, 3.8) is 0 Å². The predicted molar refractivity (Wildman–Crippen MR) is 84.8 cm³/mol. The van der Waals surface area contributed by atoms with Crippen molar-refractivity contribution >= 4 is 0 Å². The second-order valence-electron chi connectivity index (χ2n) is 6.22. The molecule has 1 aliphatic rings. The third-order valence-electron chi connectivity index (χ3n) is 4.78. The van der Waals surface area contributed by atoms with Gasteiger partial charge in [-0.25, -0.2) is 0 Å². The van der Waals surface area contributed by atoms with Crippen LogP contribution in [-0.2, 0) is 6.42 Å². The van der Waals surface area contributed by atoms with Crippen LogP contribution in [0.4, 0.5) is 0 Å². The van der Waals surface area contributed by atoms with Crippen LogP contribution in [0.25, 0.3) is 0 Å². The van der Waals surface area contributed by atoms with Gasteiger partial charge in [-0.2, -0.15) is 0 Å². The van der Waals surface area contributed by atoms with Gasteiger partial charge in [-0.3, -0.25) is 4.90 Å². The van der Waals surface area contributed by atoms with E-state index in [2.05, 4.69) is 49.9 Å². The minimum absolute atomic E-state index is 0.212. The summed E-state index contributed by atoms with van der Waals surface area (Å²) in [5.74, 6) is 0.831. The molecule has 0 saturated carbocycles. The van der Waals surface area contributed by atoms with Crippen LogP contribution in [0.5, 0.6) is 0 Å². The molecule has 1 fully saturated rings. The quantitative estimate of drug-likeness (QED) is 0.853. The van der Waals surface area contributed by atoms with E-state index in [-0.39, 0.29) is 12.1 Å².